The van der Waals surface area contributed by atoms with Crippen LogP contribution in [0.25, 0.3) is 0 Å². The predicted octanol–water partition coefficient (Wildman–Crippen LogP) is 1.62. The van der Waals surface area contributed by atoms with E-state index in [1.54, 1.807) is 0 Å². The van der Waals surface area contributed by atoms with Crippen molar-refractivity contribution in [3.63, 3.8) is 0 Å². The van der Waals surface area contributed by atoms with Crippen LogP contribution >= 0.6 is 40.7 Å². The van der Waals surface area contributed by atoms with Crippen LogP contribution < -0.4 is 11.1 Å². The van der Waals surface area contributed by atoms with E-state index in [1.165, 1.54) is 6.07 Å². The molecule has 1 aliphatic rings. The SMILES string of the molecule is Cl.Cl.NCCNC(=O)CN1CCN(Cc2ccc(Br)cc2F)CC1. The van der Waals surface area contributed by atoms with Crippen molar-refractivity contribution in [2.45, 2.75) is 6.54 Å². The minimum absolute atomic E-state index is 0. The molecular formula is C15H24BrCl2FN4O. The Labute approximate surface area is 163 Å². The molecule has 5 nitrogen and oxygen atoms in total. The van der Waals surface area contributed by atoms with Crippen molar-refractivity contribution in [2.24, 2.45) is 5.73 Å². The summed E-state index contributed by atoms with van der Waals surface area (Å²) in [6, 6.07) is 5.16. The highest BCUT2D eigenvalue weighted by Gasteiger charge is 2.19. The molecule has 24 heavy (non-hydrogen) atoms. The molecule has 1 amide bonds. The van der Waals surface area contributed by atoms with Crippen molar-refractivity contribution in [3.8, 4) is 0 Å². The lowest BCUT2D eigenvalue weighted by Gasteiger charge is -2.34. The number of nitrogens with zero attached hydrogens (tertiary/aromatic N) is 2. The van der Waals surface area contributed by atoms with Gasteiger partial charge in [-0.2, -0.15) is 0 Å². The molecule has 9 heteroatoms. The van der Waals surface area contributed by atoms with Crippen LogP contribution in [0.5, 0.6) is 0 Å². The zero-order valence-electron chi connectivity index (χ0n) is 13.3. The molecule has 1 saturated heterocycles. The molecule has 0 atom stereocenters. The molecule has 0 bridgehead atoms. The second-order valence-corrected chi connectivity index (χ2v) is 6.34. The molecule has 3 N–H and O–H groups in total. The highest BCUT2D eigenvalue weighted by atomic mass is 79.9. The first-order valence-corrected chi connectivity index (χ1v) is 8.23. The van der Waals surface area contributed by atoms with Gasteiger partial charge in [0.1, 0.15) is 5.82 Å². The third-order valence-corrected chi connectivity index (χ3v) is 4.20. The van der Waals surface area contributed by atoms with Crippen molar-refractivity contribution in [1.82, 2.24) is 15.1 Å². The third kappa shape index (κ3) is 7.63. The van der Waals surface area contributed by atoms with E-state index in [4.69, 9.17) is 5.73 Å². The number of amides is 1. The van der Waals surface area contributed by atoms with Gasteiger partial charge in [-0.05, 0) is 12.1 Å². The molecule has 1 aliphatic heterocycles. The summed E-state index contributed by atoms with van der Waals surface area (Å²) in [6.45, 7) is 5.27. The molecule has 138 valence electrons. The van der Waals surface area contributed by atoms with Crippen molar-refractivity contribution >= 4 is 46.7 Å². The van der Waals surface area contributed by atoms with Gasteiger partial charge in [-0.3, -0.25) is 14.6 Å². The van der Waals surface area contributed by atoms with Gasteiger partial charge in [-0.25, -0.2) is 4.39 Å². The molecule has 0 radical (unpaired) electrons. The number of rotatable bonds is 6. The molecule has 0 aromatic heterocycles. The average molecular weight is 446 g/mol. The summed E-state index contributed by atoms with van der Waals surface area (Å²) in [7, 11) is 0. The fourth-order valence-electron chi connectivity index (χ4n) is 2.47. The fraction of sp³-hybridized carbons (Fsp3) is 0.533. The highest BCUT2D eigenvalue weighted by molar-refractivity contribution is 9.10. The summed E-state index contributed by atoms with van der Waals surface area (Å²) in [6.07, 6.45) is 0. The Morgan fingerprint density at radius 3 is 2.42 bits per heavy atom. The Morgan fingerprint density at radius 1 is 1.21 bits per heavy atom. The lowest BCUT2D eigenvalue weighted by atomic mass is 10.2. The maximum Gasteiger partial charge on any atom is 0.234 e. The van der Waals surface area contributed by atoms with Crippen molar-refractivity contribution in [3.05, 3.63) is 34.1 Å². The standard InChI is InChI=1S/C15H22BrFN4O.2ClH/c16-13-2-1-12(14(17)9-13)10-20-5-7-21(8-6-20)11-15(22)19-4-3-18;;/h1-2,9H,3-8,10-11,18H2,(H,19,22);2*1H. The Balaban J connectivity index is 0.00000264. The summed E-state index contributed by atoms with van der Waals surface area (Å²) in [4.78, 5) is 16.0. The van der Waals surface area contributed by atoms with E-state index in [9.17, 15) is 9.18 Å². The number of hydrogen-bond donors (Lipinski definition) is 2. The molecule has 0 saturated carbocycles. The minimum atomic E-state index is -0.182. The fourth-order valence-corrected chi connectivity index (χ4v) is 2.80. The lowest BCUT2D eigenvalue weighted by molar-refractivity contribution is -0.122. The molecule has 0 unspecified atom stereocenters. The summed E-state index contributed by atoms with van der Waals surface area (Å²) in [5, 5.41) is 2.77. The number of carbonyl (C=O) groups is 1. The van der Waals surface area contributed by atoms with E-state index >= 15 is 0 Å². The Kier molecular flexibility index (Phi) is 11.8. The van der Waals surface area contributed by atoms with Gasteiger partial charge >= 0.3 is 0 Å². The van der Waals surface area contributed by atoms with Gasteiger partial charge in [0.15, 0.2) is 0 Å². The number of piperazine rings is 1. The average Bonchev–Trinajstić information content (AvgIpc) is 2.50. The van der Waals surface area contributed by atoms with Crippen LogP contribution in [0.15, 0.2) is 22.7 Å². The van der Waals surface area contributed by atoms with Gasteiger partial charge in [-0.15, -0.1) is 24.8 Å². The largest absolute Gasteiger partial charge is 0.354 e. The van der Waals surface area contributed by atoms with Gasteiger partial charge < -0.3 is 11.1 Å². The van der Waals surface area contributed by atoms with Gasteiger partial charge in [0.2, 0.25) is 5.91 Å². The molecule has 1 heterocycles. The Morgan fingerprint density at radius 2 is 1.83 bits per heavy atom. The van der Waals surface area contributed by atoms with E-state index in [2.05, 4.69) is 31.0 Å². The summed E-state index contributed by atoms with van der Waals surface area (Å²) < 4.78 is 14.6. The second kappa shape index (κ2) is 12.0. The number of nitrogens with two attached hydrogens (primary N) is 1. The van der Waals surface area contributed by atoms with E-state index in [1.807, 2.05) is 12.1 Å². The molecule has 0 aliphatic carbocycles. The maximum absolute atomic E-state index is 13.8. The van der Waals surface area contributed by atoms with Gasteiger partial charge in [-0.1, -0.05) is 22.0 Å². The highest BCUT2D eigenvalue weighted by Crippen LogP contribution is 2.17. The zero-order chi connectivity index (χ0) is 15.9. The molecule has 1 aromatic rings. The first kappa shape index (κ1) is 23.6. The summed E-state index contributed by atoms with van der Waals surface area (Å²) in [5.41, 5.74) is 6.06. The molecule has 0 spiro atoms. The molecule has 2 rings (SSSR count). The quantitative estimate of drug-likeness (QED) is 0.698. The number of benzene rings is 1. The summed E-state index contributed by atoms with van der Waals surface area (Å²) >= 11 is 3.26. The Bertz CT molecular complexity index is 516. The number of hydrogen-bond acceptors (Lipinski definition) is 4. The summed E-state index contributed by atoms with van der Waals surface area (Å²) in [5.74, 6) is -0.171. The van der Waals surface area contributed by atoms with E-state index in [0.717, 1.165) is 30.7 Å². The van der Waals surface area contributed by atoms with Crippen LogP contribution in [-0.4, -0.2) is 61.5 Å². The van der Waals surface area contributed by atoms with Crippen LogP contribution in [0.4, 0.5) is 4.39 Å². The first-order chi connectivity index (χ1) is 10.6. The molecular weight excluding hydrogens is 422 g/mol. The van der Waals surface area contributed by atoms with E-state index in [0.29, 0.717) is 31.7 Å². The van der Waals surface area contributed by atoms with Crippen LogP contribution in [0.1, 0.15) is 5.56 Å². The predicted molar refractivity (Wildman–Crippen MR) is 102 cm³/mol. The van der Waals surface area contributed by atoms with Crippen LogP contribution in [0.2, 0.25) is 0 Å². The maximum atomic E-state index is 13.8. The topological polar surface area (TPSA) is 61.6 Å². The Hall–Kier alpha value is -0.440. The number of nitrogens with one attached hydrogen (secondary N) is 1. The van der Waals surface area contributed by atoms with Gasteiger partial charge in [0, 0.05) is 55.8 Å². The van der Waals surface area contributed by atoms with Crippen molar-refractivity contribution < 1.29 is 9.18 Å². The smallest absolute Gasteiger partial charge is 0.234 e. The van der Waals surface area contributed by atoms with E-state index < -0.39 is 0 Å². The third-order valence-electron chi connectivity index (χ3n) is 3.71. The lowest BCUT2D eigenvalue weighted by Crippen LogP contribution is -2.49. The van der Waals surface area contributed by atoms with Gasteiger partial charge in [0.25, 0.3) is 0 Å². The molecule has 1 aromatic carbocycles. The normalized spacial score (nSPS) is 15.3. The number of carbonyl (C=O) groups excluding carboxylic acids is 1. The van der Waals surface area contributed by atoms with Crippen LogP contribution in [-0.2, 0) is 11.3 Å². The monoisotopic (exact) mass is 444 g/mol. The second-order valence-electron chi connectivity index (χ2n) is 5.43. The van der Waals surface area contributed by atoms with Gasteiger partial charge in [0.05, 0.1) is 6.54 Å². The van der Waals surface area contributed by atoms with Crippen molar-refractivity contribution in [1.29, 1.82) is 0 Å². The first-order valence-electron chi connectivity index (χ1n) is 7.44. The minimum Gasteiger partial charge on any atom is -0.354 e. The van der Waals surface area contributed by atoms with Crippen LogP contribution in [0, 0.1) is 5.82 Å². The van der Waals surface area contributed by atoms with E-state index in [-0.39, 0.29) is 36.5 Å². The van der Waals surface area contributed by atoms with Crippen molar-refractivity contribution in [2.75, 3.05) is 45.8 Å². The molecule has 1 fully saturated rings. The van der Waals surface area contributed by atoms with Crippen LogP contribution in [0.3, 0.4) is 0 Å². The zero-order valence-corrected chi connectivity index (χ0v) is 16.6. The number of halogens is 4.